The first kappa shape index (κ1) is 57.4. The summed E-state index contributed by atoms with van der Waals surface area (Å²) < 4.78 is 21.3. The summed E-state index contributed by atoms with van der Waals surface area (Å²) in [6.45, 7) is 13.8. The number of pyridine rings is 1. The van der Waals surface area contributed by atoms with Crippen LogP contribution in [-0.2, 0) is 20.9 Å². The number of amides is 2. The number of rotatable bonds is 18. The molecule has 2 bridgehead atoms. The lowest BCUT2D eigenvalue weighted by Gasteiger charge is -2.43. The van der Waals surface area contributed by atoms with Crippen molar-refractivity contribution in [1.82, 2.24) is 50.0 Å². The van der Waals surface area contributed by atoms with E-state index in [0.717, 1.165) is 136 Å². The number of aromatic nitrogens is 7. The number of imidazole rings is 1. The van der Waals surface area contributed by atoms with Crippen LogP contribution in [-0.4, -0.2) is 155 Å². The van der Waals surface area contributed by atoms with E-state index >= 15 is 0 Å². The van der Waals surface area contributed by atoms with Gasteiger partial charge in [-0.2, -0.15) is 0 Å². The maximum Gasteiger partial charge on any atom is 0.243 e. The molecule has 21 nitrogen and oxygen atoms in total. The van der Waals surface area contributed by atoms with Crippen molar-refractivity contribution in [3.05, 3.63) is 120 Å². The number of aliphatic hydroxyl groups excluding tert-OH is 1. The number of thiazole rings is 1. The number of hydrogen-bond acceptors (Lipinski definition) is 19. The van der Waals surface area contributed by atoms with E-state index < -0.39 is 18.1 Å². The number of aryl methyl sites for hydroxylation is 1. The van der Waals surface area contributed by atoms with Gasteiger partial charge >= 0.3 is 0 Å². The molecule has 6 fully saturated rings. The van der Waals surface area contributed by atoms with Crippen LogP contribution in [0.4, 0.5) is 23.0 Å². The predicted octanol–water partition coefficient (Wildman–Crippen LogP) is 8.31. The molecule has 2 amide bonds. The number of ether oxygens (including phenoxy) is 2. The SMILES string of the molecule is Cc1ncsc1-c1ccc([C@H](C)NC(=O)[C@@H]2C[C@@H](O)CN2C(=O)[C@@H](c2cc(N3CCC(n4cnc(CN5CCC(OC6CC(Oc7cc(N8C9CCC8CN(c8cc(-c%10ccccc%10O)nnc8N)C9)ccn7)C6)CC5)c4)CC3)no2)C(C)C)cc1. The van der Waals surface area contributed by atoms with Crippen LogP contribution in [0.25, 0.3) is 21.7 Å². The highest BCUT2D eigenvalue weighted by Crippen LogP contribution is 2.41. The van der Waals surface area contributed by atoms with E-state index in [4.69, 9.17) is 24.7 Å². The Labute approximate surface area is 505 Å². The Hall–Kier alpha value is -7.66. The largest absolute Gasteiger partial charge is 0.507 e. The van der Waals surface area contributed by atoms with Crippen LogP contribution in [0.1, 0.15) is 119 Å². The van der Waals surface area contributed by atoms with Crippen molar-refractivity contribution in [2.45, 2.75) is 153 Å². The minimum Gasteiger partial charge on any atom is -0.507 e. The van der Waals surface area contributed by atoms with Crippen LogP contribution < -0.4 is 30.5 Å². The van der Waals surface area contributed by atoms with Gasteiger partial charge in [0, 0.05) is 126 Å². The molecule has 5 N–H and O–H groups in total. The fraction of sp³-hybridized carbons (Fsp3) is 0.500. The van der Waals surface area contributed by atoms with Crippen molar-refractivity contribution in [2.24, 2.45) is 5.92 Å². The molecule has 0 radical (unpaired) electrons. The number of aromatic hydroxyl groups is 1. The number of fused-ring (bicyclic) bond motifs is 2. The van der Waals surface area contributed by atoms with Gasteiger partial charge in [0.2, 0.25) is 17.7 Å². The molecular formula is C64H78N14O7S. The number of aliphatic hydroxyl groups is 1. The van der Waals surface area contributed by atoms with Gasteiger partial charge in [0.25, 0.3) is 0 Å². The number of anilines is 4. The summed E-state index contributed by atoms with van der Waals surface area (Å²) >= 11 is 1.60. The van der Waals surface area contributed by atoms with Crippen LogP contribution in [0, 0.1) is 12.8 Å². The standard InChI is InChI=1S/C64H78N14O7S/c1-38(2)60(64(82)77-35-48(79)26-55(77)63(81)69-39(3)41-9-11-42(12-10-41)61-40(4)68-37-86-61)57-30-58(72-85-57)74-23-16-44(17-24-74)76-32-43(67-36-76)31-73-21-18-49(19-22-73)83-50-27-51(28-50)84-59-25-45(15-20-66-59)78-46-13-14-47(78)34-75(33-46)54-29-53(70-71-62(54)65)52-7-5-6-8-56(52)80/h5-12,15,20,25,29-30,32,36-39,44,46-51,55,60,79-80H,13-14,16-19,21-24,26-28,31,33-35H2,1-4H3,(H2,65,71)(H,69,81)/t39-,46?,47?,48+,50?,51?,55-,60+/m0/s1. The molecule has 2 aromatic carbocycles. The summed E-state index contributed by atoms with van der Waals surface area (Å²) in [4.78, 5) is 54.3. The quantitative estimate of drug-likeness (QED) is 0.0631. The van der Waals surface area contributed by atoms with E-state index in [9.17, 15) is 19.8 Å². The summed E-state index contributed by atoms with van der Waals surface area (Å²) in [6, 6.07) is 23.1. The number of para-hydroxylation sites is 1. The number of β-amino-alcohol motifs (C(OH)–C–C–N with tert-alkyl or cyclic N) is 1. The molecule has 13 rings (SSSR count). The summed E-state index contributed by atoms with van der Waals surface area (Å²) in [5.74, 6) is 1.01. The number of nitrogens with two attached hydrogens (primary N) is 1. The van der Waals surface area contributed by atoms with Crippen molar-refractivity contribution in [3.8, 4) is 33.3 Å². The van der Waals surface area contributed by atoms with Gasteiger partial charge in [-0.1, -0.05) is 55.4 Å². The number of nitrogens with zero attached hydrogens (tertiary/aromatic N) is 12. The molecule has 1 saturated carbocycles. The fourth-order valence-corrected chi connectivity index (χ4v) is 14.8. The number of likely N-dealkylation sites (tertiary alicyclic amines) is 2. The molecule has 5 saturated heterocycles. The predicted molar refractivity (Wildman–Crippen MR) is 328 cm³/mol. The molecule has 1 aliphatic carbocycles. The second-order valence-corrected chi connectivity index (χ2v) is 25.7. The number of nitrogen functional groups attached to an aromatic ring is 1. The van der Waals surface area contributed by atoms with Gasteiger partial charge in [0.15, 0.2) is 17.4 Å². The molecule has 10 heterocycles. The van der Waals surface area contributed by atoms with Crippen LogP contribution in [0.15, 0.2) is 102 Å². The number of piperazine rings is 1. The van der Waals surface area contributed by atoms with Crippen LogP contribution in [0.3, 0.4) is 0 Å². The van der Waals surface area contributed by atoms with E-state index in [0.29, 0.717) is 52.7 Å². The molecule has 6 atom stereocenters. The summed E-state index contributed by atoms with van der Waals surface area (Å²) in [5, 5.41) is 37.5. The van der Waals surface area contributed by atoms with Gasteiger partial charge in [-0.25, -0.2) is 15.0 Å². The minimum absolute atomic E-state index is 0.0737. The Balaban J connectivity index is 0.534. The first-order chi connectivity index (χ1) is 41.7. The molecule has 5 aliphatic heterocycles. The van der Waals surface area contributed by atoms with Gasteiger partial charge in [0.1, 0.15) is 23.8 Å². The third-order valence-electron chi connectivity index (χ3n) is 18.7. The Morgan fingerprint density at radius 1 is 0.826 bits per heavy atom. The molecule has 0 spiro atoms. The third kappa shape index (κ3) is 12.1. The van der Waals surface area contributed by atoms with Crippen molar-refractivity contribution in [1.29, 1.82) is 0 Å². The van der Waals surface area contributed by atoms with E-state index in [1.807, 2.05) is 94.3 Å². The van der Waals surface area contributed by atoms with Gasteiger partial charge in [-0.15, -0.1) is 21.5 Å². The summed E-state index contributed by atoms with van der Waals surface area (Å²) in [5.41, 5.74) is 15.5. The van der Waals surface area contributed by atoms with E-state index in [1.165, 1.54) is 4.90 Å². The first-order valence-electron chi connectivity index (χ1n) is 30.7. The zero-order valence-corrected chi connectivity index (χ0v) is 50.2. The van der Waals surface area contributed by atoms with Crippen molar-refractivity contribution in [2.75, 3.05) is 66.2 Å². The second kappa shape index (κ2) is 24.6. The monoisotopic (exact) mass is 1190 g/mol. The smallest absolute Gasteiger partial charge is 0.243 e. The normalized spacial score (nSPS) is 23.7. The Kier molecular flexibility index (Phi) is 16.4. The molecule has 6 aliphatic rings. The summed E-state index contributed by atoms with van der Waals surface area (Å²) in [7, 11) is 0. The average Bonchev–Trinajstić information content (AvgIpc) is 3.68. The Morgan fingerprint density at radius 3 is 2.33 bits per heavy atom. The first-order valence-corrected chi connectivity index (χ1v) is 31.6. The van der Waals surface area contributed by atoms with Crippen LogP contribution >= 0.6 is 11.3 Å². The van der Waals surface area contributed by atoms with Gasteiger partial charge in [-0.05, 0) is 93.7 Å². The molecule has 452 valence electrons. The zero-order chi connectivity index (χ0) is 59.2. The van der Waals surface area contributed by atoms with Crippen molar-refractivity contribution in [3.63, 3.8) is 0 Å². The molecular weight excluding hydrogens is 1110 g/mol. The lowest BCUT2D eigenvalue weighted by Crippen LogP contribution is -2.54. The van der Waals surface area contributed by atoms with E-state index in [-0.39, 0.29) is 60.8 Å². The van der Waals surface area contributed by atoms with Gasteiger partial charge < -0.3 is 59.4 Å². The second-order valence-electron chi connectivity index (χ2n) is 24.9. The lowest BCUT2D eigenvalue weighted by molar-refractivity contribution is -0.141. The maximum atomic E-state index is 14.4. The minimum atomic E-state index is -0.813. The highest BCUT2D eigenvalue weighted by molar-refractivity contribution is 7.13. The zero-order valence-electron chi connectivity index (χ0n) is 49.4. The number of phenols is 1. The highest BCUT2D eigenvalue weighted by Gasteiger charge is 2.45. The number of carbonyl (C=O) groups excluding carboxylic acids is 2. The number of phenolic OH excluding ortho intramolecular Hbond substituents is 1. The number of piperidine rings is 2. The average molecular weight is 1190 g/mol. The van der Waals surface area contributed by atoms with Crippen molar-refractivity contribution >= 4 is 46.2 Å². The molecule has 86 heavy (non-hydrogen) atoms. The third-order valence-corrected chi connectivity index (χ3v) is 19.7. The fourth-order valence-electron chi connectivity index (χ4n) is 14.0. The summed E-state index contributed by atoms with van der Waals surface area (Å²) in [6.07, 6.45) is 13.6. The van der Waals surface area contributed by atoms with Crippen LogP contribution in [0.5, 0.6) is 11.6 Å². The molecule has 22 heteroatoms. The number of hydrogen-bond donors (Lipinski definition) is 4. The maximum absolute atomic E-state index is 14.4. The topological polar surface area (TPSA) is 243 Å². The van der Waals surface area contributed by atoms with Crippen molar-refractivity contribution < 1.29 is 33.8 Å². The Bertz CT molecular complexity index is 3480. The molecule has 7 aromatic rings. The highest BCUT2D eigenvalue weighted by atomic mass is 32.1. The van der Waals surface area contributed by atoms with Gasteiger partial charge in [0.05, 0.1) is 63.8 Å². The Morgan fingerprint density at radius 2 is 1.59 bits per heavy atom. The number of nitrogens with one attached hydrogen (secondary N) is 1. The number of benzene rings is 2. The van der Waals surface area contributed by atoms with Crippen LogP contribution in [0.2, 0.25) is 0 Å². The van der Waals surface area contributed by atoms with Gasteiger partial charge in [-0.3, -0.25) is 14.5 Å². The van der Waals surface area contributed by atoms with E-state index in [1.54, 1.807) is 23.5 Å². The molecule has 2 unspecified atom stereocenters. The molecule has 5 aromatic heterocycles. The number of carbonyl (C=O) groups is 2. The lowest BCUT2D eigenvalue weighted by atomic mass is 9.91. The van der Waals surface area contributed by atoms with E-state index in [2.05, 4.69) is 73.1 Å².